The molecule has 1 atom stereocenters. The fraction of sp³-hybridized carbons (Fsp3) is 0.462. The van der Waals surface area contributed by atoms with Gasteiger partial charge in [0.05, 0.1) is 11.3 Å². The minimum absolute atomic E-state index is 0.429. The molecule has 0 bridgehead atoms. The van der Waals surface area contributed by atoms with Crippen LogP contribution in [-0.4, -0.2) is 34.6 Å². The third kappa shape index (κ3) is 2.84. The van der Waals surface area contributed by atoms with Crippen molar-refractivity contribution in [1.29, 1.82) is 0 Å². The molecule has 1 unspecified atom stereocenters. The Labute approximate surface area is 115 Å². The minimum Gasteiger partial charge on any atom is -0.481 e. The molecular formula is C13H17N3O2S. The molecule has 0 saturated carbocycles. The highest BCUT2D eigenvalue weighted by molar-refractivity contribution is 7.18. The summed E-state index contributed by atoms with van der Waals surface area (Å²) < 4.78 is 0. The summed E-state index contributed by atoms with van der Waals surface area (Å²) in [5.74, 6) is -0.426. The smallest absolute Gasteiger partial charge is 0.308 e. The van der Waals surface area contributed by atoms with E-state index < -0.39 is 11.9 Å². The van der Waals surface area contributed by atoms with E-state index in [1.807, 2.05) is 11.9 Å². The van der Waals surface area contributed by atoms with Crippen molar-refractivity contribution in [1.82, 2.24) is 9.97 Å². The highest BCUT2D eigenvalue weighted by atomic mass is 32.1. The van der Waals surface area contributed by atoms with E-state index in [1.54, 1.807) is 18.3 Å². The summed E-state index contributed by atoms with van der Waals surface area (Å²) in [4.78, 5) is 23.6. The Bertz CT molecular complexity index is 597. The molecule has 0 spiro atoms. The van der Waals surface area contributed by atoms with Gasteiger partial charge in [0.1, 0.15) is 17.0 Å². The first-order valence-corrected chi connectivity index (χ1v) is 7.02. The van der Waals surface area contributed by atoms with E-state index in [1.165, 1.54) is 11.2 Å². The van der Waals surface area contributed by atoms with Crippen LogP contribution in [0.1, 0.15) is 18.7 Å². The van der Waals surface area contributed by atoms with Crippen LogP contribution in [0.5, 0.6) is 0 Å². The van der Waals surface area contributed by atoms with Crippen LogP contribution in [0.2, 0.25) is 0 Å². The molecule has 0 aliphatic rings. The molecule has 2 rings (SSSR count). The molecule has 0 amide bonds. The normalized spacial score (nSPS) is 12.6. The summed E-state index contributed by atoms with van der Waals surface area (Å²) in [5.41, 5.74) is 0. The lowest BCUT2D eigenvalue weighted by Gasteiger charge is -2.20. The van der Waals surface area contributed by atoms with Gasteiger partial charge in [-0.1, -0.05) is 13.8 Å². The van der Waals surface area contributed by atoms with Crippen molar-refractivity contribution < 1.29 is 9.90 Å². The third-order valence-electron chi connectivity index (χ3n) is 3.04. The van der Waals surface area contributed by atoms with Gasteiger partial charge < -0.3 is 10.0 Å². The van der Waals surface area contributed by atoms with E-state index in [4.69, 9.17) is 5.11 Å². The molecule has 102 valence electrons. The Morgan fingerprint density at radius 1 is 1.53 bits per heavy atom. The lowest BCUT2D eigenvalue weighted by Crippen LogP contribution is -2.29. The van der Waals surface area contributed by atoms with E-state index in [2.05, 4.69) is 23.0 Å². The van der Waals surface area contributed by atoms with Gasteiger partial charge in [0.2, 0.25) is 0 Å². The highest BCUT2D eigenvalue weighted by Gasteiger charge is 2.17. The number of thiophene rings is 1. The Morgan fingerprint density at radius 3 is 2.89 bits per heavy atom. The van der Waals surface area contributed by atoms with Crippen LogP contribution in [0.15, 0.2) is 12.4 Å². The van der Waals surface area contributed by atoms with Crippen molar-refractivity contribution in [3.63, 3.8) is 0 Å². The zero-order chi connectivity index (χ0) is 14.0. The SMILES string of the molecule is CCc1cc2c(N(C)CC(C)C(=O)O)ncnc2s1. The number of hydrogen-bond acceptors (Lipinski definition) is 5. The lowest BCUT2D eigenvalue weighted by atomic mass is 10.1. The molecule has 19 heavy (non-hydrogen) atoms. The second kappa shape index (κ2) is 5.52. The van der Waals surface area contributed by atoms with Crippen LogP contribution in [0.25, 0.3) is 10.2 Å². The first-order valence-electron chi connectivity index (χ1n) is 6.20. The average molecular weight is 279 g/mol. The summed E-state index contributed by atoms with van der Waals surface area (Å²) in [5, 5.41) is 9.98. The van der Waals surface area contributed by atoms with Crippen molar-refractivity contribution in [3.8, 4) is 0 Å². The summed E-state index contributed by atoms with van der Waals surface area (Å²) in [6, 6.07) is 2.09. The molecular weight excluding hydrogens is 262 g/mol. The predicted molar refractivity (Wildman–Crippen MR) is 76.9 cm³/mol. The van der Waals surface area contributed by atoms with Crippen molar-refractivity contribution in [2.24, 2.45) is 5.92 Å². The number of fused-ring (bicyclic) bond motifs is 1. The number of aliphatic carboxylic acids is 1. The number of aryl methyl sites for hydroxylation is 1. The monoisotopic (exact) mass is 279 g/mol. The number of carboxylic acids is 1. The molecule has 5 nitrogen and oxygen atoms in total. The predicted octanol–water partition coefficient (Wildman–Crippen LogP) is 2.41. The summed E-state index contributed by atoms with van der Waals surface area (Å²) in [6.07, 6.45) is 2.51. The van der Waals surface area contributed by atoms with E-state index in [9.17, 15) is 4.79 Å². The van der Waals surface area contributed by atoms with Crippen LogP contribution in [0.4, 0.5) is 5.82 Å². The van der Waals surface area contributed by atoms with Gasteiger partial charge >= 0.3 is 5.97 Å². The van der Waals surface area contributed by atoms with E-state index in [0.29, 0.717) is 6.54 Å². The fourth-order valence-corrected chi connectivity index (χ4v) is 2.88. The zero-order valence-corrected chi connectivity index (χ0v) is 12.1. The molecule has 1 N–H and O–H groups in total. The number of carboxylic acid groups (broad SMARTS) is 1. The average Bonchev–Trinajstić information content (AvgIpc) is 2.80. The van der Waals surface area contributed by atoms with Crippen molar-refractivity contribution in [2.45, 2.75) is 20.3 Å². The van der Waals surface area contributed by atoms with Crippen molar-refractivity contribution in [2.75, 3.05) is 18.5 Å². The molecule has 0 aliphatic carbocycles. The Hall–Kier alpha value is -1.69. The van der Waals surface area contributed by atoms with E-state index >= 15 is 0 Å². The Morgan fingerprint density at radius 2 is 2.26 bits per heavy atom. The van der Waals surface area contributed by atoms with E-state index in [-0.39, 0.29) is 0 Å². The minimum atomic E-state index is -0.795. The largest absolute Gasteiger partial charge is 0.481 e. The van der Waals surface area contributed by atoms with Gasteiger partial charge in [-0.2, -0.15) is 0 Å². The first kappa shape index (κ1) is 13.7. The number of hydrogen-bond donors (Lipinski definition) is 1. The van der Waals surface area contributed by atoms with Gasteiger partial charge in [-0.15, -0.1) is 11.3 Å². The van der Waals surface area contributed by atoms with E-state index in [0.717, 1.165) is 22.5 Å². The Kier molecular flexibility index (Phi) is 3.99. The van der Waals surface area contributed by atoms with Crippen LogP contribution >= 0.6 is 11.3 Å². The van der Waals surface area contributed by atoms with Crippen LogP contribution in [0.3, 0.4) is 0 Å². The summed E-state index contributed by atoms with van der Waals surface area (Å²) >= 11 is 1.66. The molecule has 2 heterocycles. The van der Waals surface area contributed by atoms with Crippen molar-refractivity contribution in [3.05, 3.63) is 17.3 Å². The van der Waals surface area contributed by atoms with Crippen LogP contribution < -0.4 is 4.90 Å². The standard InChI is InChI=1S/C13H17N3O2S/c1-4-9-5-10-11(14-7-15-12(10)19-9)16(3)6-8(2)13(17)18/h5,7-8H,4,6H2,1-3H3,(H,17,18). The van der Waals surface area contributed by atoms with Crippen LogP contribution in [0, 0.1) is 5.92 Å². The summed E-state index contributed by atoms with van der Waals surface area (Å²) in [6.45, 7) is 4.23. The van der Waals surface area contributed by atoms with Gasteiger partial charge in [-0.05, 0) is 12.5 Å². The number of nitrogens with zero attached hydrogens (tertiary/aromatic N) is 3. The molecule has 0 aliphatic heterocycles. The number of carbonyl (C=O) groups is 1. The maximum Gasteiger partial charge on any atom is 0.308 e. The topological polar surface area (TPSA) is 66.3 Å². The second-order valence-electron chi connectivity index (χ2n) is 4.60. The fourth-order valence-electron chi connectivity index (χ4n) is 1.95. The third-order valence-corrected chi connectivity index (χ3v) is 4.23. The van der Waals surface area contributed by atoms with Gasteiger partial charge in [0.25, 0.3) is 0 Å². The zero-order valence-electron chi connectivity index (χ0n) is 11.3. The first-order chi connectivity index (χ1) is 9.02. The van der Waals surface area contributed by atoms with Gasteiger partial charge in [0, 0.05) is 18.5 Å². The summed E-state index contributed by atoms with van der Waals surface area (Å²) in [7, 11) is 1.87. The maximum absolute atomic E-state index is 10.9. The Balaban J connectivity index is 2.33. The maximum atomic E-state index is 10.9. The van der Waals surface area contributed by atoms with Crippen molar-refractivity contribution >= 4 is 33.3 Å². The molecule has 6 heteroatoms. The lowest BCUT2D eigenvalue weighted by molar-refractivity contribution is -0.140. The number of anilines is 1. The molecule has 2 aromatic heterocycles. The highest BCUT2D eigenvalue weighted by Crippen LogP contribution is 2.30. The molecule has 0 radical (unpaired) electrons. The van der Waals surface area contributed by atoms with Gasteiger partial charge in [-0.3, -0.25) is 4.79 Å². The van der Waals surface area contributed by atoms with Gasteiger partial charge in [-0.25, -0.2) is 9.97 Å². The number of rotatable bonds is 5. The molecule has 2 aromatic rings. The number of aromatic nitrogens is 2. The van der Waals surface area contributed by atoms with Gasteiger partial charge in [0.15, 0.2) is 0 Å². The second-order valence-corrected chi connectivity index (χ2v) is 5.72. The quantitative estimate of drug-likeness (QED) is 0.910. The molecule has 0 fully saturated rings. The molecule has 0 aromatic carbocycles. The van der Waals surface area contributed by atoms with Crippen LogP contribution in [-0.2, 0) is 11.2 Å². The molecule has 0 saturated heterocycles.